The lowest BCUT2D eigenvalue weighted by Crippen LogP contribution is -2.41. The number of ether oxygens (including phenoxy) is 1. The van der Waals surface area contributed by atoms with Gasteiger partial charge in [-0.1, -0.05) is 12.1 Å². The number of hydrogen-bond donors (Lipinski definition) is 1. The molecule has 1 fully saturated rings. The fraction of sp³-hybridized carbons (Fsp3) is 0.421. The highest BCUT2D eigenvalue weighted by molar-refractivity contribution is 5.84. The van der Waals surface area contributed by atoms with Gasteiger partial charge in [0.05, 0.1) is 25.6 Å². The Hall–Kier alpha value is -2.67. The van der Waals surface area contributed by atoms with Crippen molar-refractivity contribution < 1.29 is 14.3 Å². The Bertz CT molecular complexity index is 722. The summed E-state index contributed by atoms with van der Waals surface area (Å²) in [5.74, 6) is -0.0985. The molecular weight excluding hydrogens is 332 g/mol. The fourth-order valence-corrected chi connectivity index (χ4v) is 2.94. The van der Waals surface area contributed by atoms with Crippen molar-refractivity contribution in [2.45, 2.75) is 25.8 Å². The lowest BCUT2D eigenvalue weighted by molar-refractivity contribution is -0.137. The quantitative estimate of drug-likeness (QED) is 0.854. The molecule has 3 rings (SSSR count). The molecule has 1 unspecified atom stereocenters. The van der Waals surface area contributed by atoms with E-state index in [4.69, 9.17) is 4.74 Å². The van der Waals surface area contributed by atoms with Gasteiger partial charge >= 0.3 is 0 Å². The minimum Gasteiger partial charge on any atom is -0.378 e. The van der Waals surface area contributed by atoms with E-state index in [1.807, 2.05) is 42.0 Å². The number of aromatic nitrogens is 2. The number of nitrogens with zero attached hydrogens (tertiary/aromatic N) is 3. The molecular formula is C19H24N4O3. The van der Waals surface area contributed by atoms with Gasteiger partial charge in [0.15, 0.2) is 0 Å². The van der Waals surface area contributed by atoms with Crippen LogP contribution in [0.3, 0.4) is 0 Å². The highest BCUT2D eigenvalue weighted by atomic mass is 16.5. The Balaban J connectivity index is 1.47. The average molecular weight is 356 g/mol. The fourth-order valence-electron chi connectivity index (χ4n) is 2.94. The van der Waals surface area contributed by atoms with E-state index in [1.165, 1.54) is 0 Å². The molecule has 2 heterocycles. The maximum absolute atomic E-state index is 12.1. The van der Waals surface area contributed by atoms with Crippen LogP contribution in [0.5, 0.6) is 0 Å². The lowest BCUT2D eigenvalue weighted by Gasteiger charge is -2.26. The Morgan fingerprint density at radius 1 is 1.19 bits per heavy atom. The van der Waals surface area contributed by atoms with Crippen molar-refractivity contribution in [3.05, 3.63) is 48.5 Å². The summed E-state index contributed by atoms with van der Waals surface area (Å²) >= 11 is 0. The zero-order valence-electron chi connectivity index (χ0n) is 14.9. The number of nitrogens with one attached hydrogen (secondary N) is 1. The molecule has 1 aliphatic rings. The number of amides is 2. The summed E-state index contributed by atoms with van der Waals surface area (Å²) in [6, 6.07) is 7.83. The number of carbonyl (C=O) groups is 2. The van der Waals surface area contributed by atoms with E-state index in [9.17, 15) is 9.59 Å². The molecule has 1 aliphatic heterocycles. The average Bonchev–Trinajstić information content (AvgIpc) is 3.21. The van der Waals surface area contributed by atoms with Crippen LogP contribution < -0.4 is 5.32 Å². The smallest absolute Gasteiger partial charge is 0.223 e. The van der Waals surface area contributed by atoms with Gasteiger partial charge in [0, 0.05) is 44.0 Å². The highest BCUT2D eigenvalue weighted by Crippen LogP contribution is 2.16. The van der Waals surface area contributed by atoms with Crippen LogP contribution >= 0.6 is 0 Å². The molecule has 7 nitrogen and oxygen atoms in total. The second kappa shape index (κ2) is 8.62. The Morgan fingerprint density at radius 2 is 1.92 bits per heavy atom. The molecule has 2 amide bonds. The third-order valence-corrected chi connectivity index (χ3v) is 4.50. The van der Waals surface area contributed by atoms with Crippen LogP contribution in [0.25, 0.3) is 5.69 Å². The second-order valence-corrected chi connectivity index (χ2v) is 6.34. The zero-order valence-corrected chi connectivity index (χ0v) is 14.9. The van der Waals surface area contributed by atoms with Crippen molar-refractivity contribution in [3.63, 3.8) is 0 Å². The van der Waals surface area contributed by atoms with Crippen molar-refractivity contribution >= 4 is 11.8 Å². The summed E-state index contributed by atoms with van der Waals surface area (Å²) in [6.07, 6.45) is 5.79. The first kappa shape index (κ1) is 18.1. The highest BCUT2D eigenvalue weighted by Gasteiger charge is 2.18. The predicted molar refractivity (Wildman–Crippen MR) is 96.8 cm³/mol. The minimum atomic E-state index is -0.113. The van der Waals surface area contributed by atoms with Crippen LogP contribution in [0.1, 0.15) is 31.4 Å². The number of rotatable bonds is 6. The van der Waals surface area contributed by atoms with Crippen LogP contribution in [-0.2, 0) is 14.3 Å². The van der Waals surface area contributed by atoms with Gasteiger partial charge < -0.3 is 19.5 Å². The number of morpholine rings is 1. The molecule has 0 bridgehead atoms. The van der Waals surface area contributed by atoms with Gasteiger partial charge in [-0.3, -0.25) is 9.59 Å². The van der Waals surface area contributed by atoms with Crippen LogP contribution in [0.4, 0.5) is 0 Å². The van der Waals surface area contributed by atoms with Crippen molar-refractivity contribution in [1.82, 2.24) is 19.8 Å². The van der Waals surface area contributed by atoms with E-state index in [0.29, 0.717) is 26.3 Å². The van der Waals surface area contributed by atoms with Crippen LogP contribution in [0.15, 0.2) is 43.0 Å². The molecule has 0 saturated carbocycles. The maximum atomic E-state index is 12.1. The standard InChI is InChI=1S/C19H24N4O3/c1-15(16-2-4-17(5-3-16)23-9-8-20-14-23)21-18(24)6-7-19(25)22-10-12-26-13-11-22/h2-5,8-9,14-15H,6-7,10-13H2,1H3,(H,21,24). The first-order valence-electron chi connectivity index (χ1n) is 8.86. The zero-order chi connectivity index (χ0) is 18.4. The van der Waals surface area contributed by atoms with Crippen LogP contribution in [0.2, 0.25) is 0 Å². The Labute approximate surface area is 153 Å². The van der Waals surface area contributed by atoms with Gasteiger partial charge in [-0.15, -0.1) is 0 Å². The monoisotopic (exact) mass is 356 g/mol. The van der Waals surface area contributed by atoms with E-state index in [-0.39, 0.29) is 30.7 Å². The topological polar surface area (TPSA) is 76.5 Å². The number of imidazole rings is 1. The molecule has 2 aromatic rings. The van der Waals surface area contributed by atoms with Crippen molar-refractivity contribution in [1.29, 1.82) is 0 Å². The summed E-state index contributed by atoms with van der Waals surface area (Å²) in [4.78, 5) is 30.0. The van der Waals surface area contributed by atoms with Gasteiger partial charge in [0.25, 0.3) is 0 Å². The van der Waals surface area contributed by atoms with Gasteiger partial charge in [-0.25, -0.2) is 4.98 Å². The van der Waals surface area contributed by atoms with E-state index in [0.717, 1.165) is 11.3 Å². The summed E-state index contributed by atoms with van der Waals surface area (Å²) in [5, 5.41) is 2.96. The predicted octanol–water partition coefficient (Wildman–Crippen LogP) is 1.69. The normalized spacial score (nSPS) is 15.5. The van der Waals surface area contributed by atoms with E-state index in [2.05, 4.69) is 10.3 Å². The van der Waals surface area contributed by atoms with E-state index in [1.54, 1.807) is 17.4 Å². The van der Waals surface area contributed by atoms with Gasteiger partial charge in [-0.2, -0.15) is 0 Å². The van der Waals surface area contributed by atoms with E-state index < -0.39 is 0 Å². The maximum Gasteiger partial charge on any atom is 0.223 e. The van der Waals surface area contributed by atoms with E-state index >= 15 is 0 Å². The van der Waals surface area contributed by atoms with Crippen molar-refractivity contribution in [2.24, 2.45) is 0 Å². The number of hydrogen-bond acceptors (Lipinski definition) is 4. The van der Waals surface area contributed by atoms with Gasteiger partial charge in [0.2, 0.25) is 11.8 Å². The first-order valence-corrected chi connectivity index (χ1v) is 8.86. The molecule has 0 spiro atoms. The second-order valence-electron chi connectivity index (χ2n) is 6.34. The third-order valence-electron chi connectivity index (χ3n) is 4.50. The summed E-state index contributed by atoms with van der Waals surface area (Å²) < 4.78 is 7.15. The lowest BCUT2D eigenvalue weighted by atomic mass is 10.1. The van der Waals surface area contributed by atoms with Gasteiger partial charge in [-0.05, 0) is 24.6 Å². The summed E-state index contributed by atoms with van der Waals surface area (Å²) in [7, 11) is 0. The molecule has 1 aromatic heterocycles. The van der Waals surface area contributed by atoms with Crippen molar-refractivity contribution in [2.75, 3.05) is 26.3 Å². The molecule has 0 radical (unpaired) electrons. The van der Waals surface area contributed by atoms with Gasteiger partial charge in [0.1, 0.15) is 0 Å². The molecule has 1 saturated heterocycles. The molecule has 7 heteroatoms. The first-order chi connectivity index (χ1) is 12.6. The number of carbonyl (C=O) groups excluding carboxylic acids is 2. The third kappa shape index (κ3) is 4.70. The molecule has 1 atom stereocenters. The van der Waals surface area contributed by atoms with Crippen molar-refractivity contribution in [3.8, 4) is 5.69 Å². The summed E-state index contributed by atoms with van der Waals surface area (Å²) in [6.45, 7) is 4.31. The largest absolute Gasteiger partial charge is 0.378 e. The Morgan fingerprint density at radius 3 is 2.58 bits per heavy atom. The molecule has 1 N–H and O–H groups in total. The molecule has 138 valence electrons. The molecule has 0 aliphatic carbocycles. The Kier molecular flexibility index (Phi) is 6.01. The van der Waals surface area contributed by atoms with Crippen LogP contribution in [0, 0.1) is 0 Å². The SMILES string of the molecule is CC(NC(=O)CCC(=O)N1CCOCC1)c1ccc(-n2ccnc2)cc1. The van der Waals surface area contributed by atoms with Crippen LogP contribution in [-0.4, -0.2) is 52.6 Å². The summed E-state index contributed by atoms with van der Waals surface area (Å²) in [5.41, 5.74) is 2.03. The molecule has 1 aromatic carbocycles. The number of benzene rings is 1. The minimum absolute atomic E-state index is 0.0146. The molecule has 26 heavy (non-hydrogen) atoms.